The monoisotopic (exact) mass is 417 g/mol. The number of aromatic nitrogens is 1. The van der Waals surface area contributed by atoms with Crippen molar-refractivity contribution < 1.29 is 18.3 Å². The lowest BCUT2D eigenvalue weighted by atomic mass is 10.1. The Bertz CT molecular complexity index is 945. The predicted octanol–water partition coefficient (Wildman–Crippen LogP) is 4.00. The summed E-state index contributed by atoms with van der Waals surface area (Å²) in [7, 11) is 1.32. The van der Waals surface area contributed by atoms with Gasteiger partial charge in [-0.25, -0.2) is 14.0 Å². The molecular weight excluding hydrogens is 398 g/mol. The van der Waals surface area contributed by atoms with E-state index in [1.807, 2.05) is 42.5 Å². The van der Waals surface area contributed by atoms with Crippen molar-refractivity contribution in [2.75, 3.05) is 11.8 Å². The number of alkyl carbamates (subject to hydrolysis) is 1. The van der Waals surface area contributed by atoms with Crippen molar-refractivity contribution in [1.82, 2.24) is 10.3 Å². The maximum absolute atomic E-state index is 11.8. The minimum absolute atomic E-state index is 0.360. The highest BCUT2D eigenvalue weighted by atomic mass is 32.2. The molecule has 0 fully saturated rings. The fourth-order valence-electron chi connectivity index (χ4n) is 2.63. The number of amides is 1. The molecule has 1 unspecified atom stereocenters. The van der Waals surface area contributed by atoms with Crippen LogP contribution in [0.15, 0.2) is 60.8 Å². The highest BCUT2D eigenvalue weighted by Gasteiger charge is 2.20. The van der Waals surface area contributed by atoms with Gasteiger partial charge in [-0.05, 0) is 29.7 Å². The summed E-state index contributed by atoms with van der Waals surface area (Å²) in [4.78, 5) is 17.3. The molecule has 0 saturated heterocycles. The van der Waals surface area contributed by atoms with Gasteiger partial charge in [0.1, 0.15) is 5.01 Å². The smallest absolute Gasteiger partial charge is 0.407 e. The summed E-state index contributed by atoms with van der Waals surface area (Å²) in [6, 6.07) is 16.6. The SMILES string of the molecule is COC(=O)N[C@@H](Cc1ccc(NS(=O)O)cc1)c1ncc(-c2ccccc2)s1. The quantitative estimate of drug-likeness (QED) is 0.505. The Hall–Kier alpha value is -2.75. The van der Waals surface area contributed by atoms with Crippen molar-refractivity contribution in [3.05, 3.63) is 71.4 Å². The largest absolute Gasteiger partial charge is 0.453 e. The zero-order valence-electron chi connectivity index (χ0n) is 15.0. The molecule has 3 rings (SSSR count). The van der Waals surface area contributed by atoms with Gasteiger partial charge in [-0.1, -0.05) is 42.5 Å². The van der Waals surface area contributed by atoms with E-state index in [2.05, 4.69) is 15.0 Å². The number of thiazole rings is 1. The van der Waals surface area contributed by atoms with E-state index >= 15 is 0 Å². The number of carbonyl (C=O) groups excluding carboxylic acids is 1. The number of hydrogen-bond acceptors (Lipinski definition) is 5. The Labute approximate surface area is 169 Å². The average Bonchev–Trinajstić information content (AvgIpc) is 3.19. The molecule has 0 aliphatic rings. The van der Waals surface area contributed by atoms with Gasteiger partial charge in [0.05, 0.1) is 18.0 Å². The summed E-state index contributed by atoms with van der Waals surface area (Å²) in [5, 5.41) is 3.59. The van der Waals surface area contributed by atoms with Crippen LogP contribution in [0, 0.1) is 0 Å². The second kappa shape index (κ2) is 9.45. The van der Waals surface area contributed by atoms with Crippen LogP contribution < -0.4 is 10.0 Å². The van der Waals surface area contributed by atoms with E-state index in [4.69, 9.17) is 9.29 Å². The number of nitrogens with one attached hydrogen (secondary N) is 2. The summed E-state index contributed by atoms with van der Waals surface area (Å²) < 4.78 is 26.9. The van der Waals surface area contributed by atoms with Gasteiger partial charge in [-0.3, -0.25) is 9.27 Å². The molecule has 3 N–H and O–H groups in total. The maximum atomic E-state index is 11.8. The van der Waals surface area contributed by atoms with Gasteiger partial charge in [-0.2, -0.15) is 0 Å². The van der Waals surface area contributed by atoms with Crippen LogP contribution in [0.2, 0.25) is 0 Å². The van der Waals surface area contributed by atoms with E-state index in [9.17, 15) is 9.00 Å². The van der Waals surface area contributed by atoms with Crippen LogP contribution in [0.4, 0.5) is 10.5 Å². The van der Waals surface area contributed by atoms with E-state index in [-0.39, 0.29) is 6.04 Å². The van der Waals surface area contributed by atoms with Gasteiger partial charge >= 0.3 is 6.09 Å². The molecule has 146 valence electrons. The first kappa shape index (κ1) is 20.0. The Morgan fingerprint density at radius 3 is 2.57 bits per heavy atom. The Balaban J connectivity index is 1.80. The van der Waals surface area contributed by atoms with Crippen LogP contribution in [-0.4, -0.2) is 26.9 Å². The standard InChI is InChI=1S/C19H19N3O4S2/c1-26-19(23)21-16(11-13-7-9-15(10-8-13)22-28(24)25)18-20-12-17(27-18)14-5-3-2-4-6-14/h2-10,12,16,22H,11H2,1H3,(H,21,23)(H,24,25)/t16-/m0/s1. The third kappa shape index (κ3) is 5.38. The summed E-state index contributed by atoms with van der Waals surface area (Å²) in [5.41, 5.74) is 2.53. The number of rotatable bonds is 7. The minimum Gasteiger partial charge on any atom is -0.453 e. The molecule has 0 spiro atoms. The highest BCUT2D eigenvalue weighted by Crippen LogP contribution is 2.30. The van der Waals surface area contributed by atoms with E-state index in [1.165, 1.54) is 18.4 Å². The number of ether oxygens (including phenoxy) is 1. The molecule has 0 aliphatic carbocycles. The molecule has 0 saturated carbocycles. The molecule has 9 heteroatoms. The van der Waals surface area contributed by atoms with Gasteiger partial charge in [0.25, 0.3) is 11.3 Å². The van der Waals surface area contributed by atoms with Crippen LogP contribution in [0.5, 0.6) is 0 Å². The molecule has 0 bridgehead atoms. The zero-order valence-corrected chi connectivity index (χ0v) is 16.6. The summed E-state index contributed by atoms with van der Waals surface area (Å²) in [6.07, 6.45) is 1.76. The summed E-state index contributed by atoms with van der Waals surface area (Å²) in [6.45, 7) is 0. The molecule has 1 amide bonds. The number of hydrogen-bond donors (Lipinski definition) is 3. The topological polar surface area (TPSA) is 101 Å². The molecule has 1 heterocycles. The molecule has 3 aromatic rings. The third-order valence-electron chi connectivity index (χ3n) is 3.96. The van der Waals surface area contributed by atoms with Gasteiger partial charge < -0.3 is 10.1 Å². The van der Waals surface area contributed by atoms with Gasteiger partial charge in [0.15, 0.2) is 0 Å². The first-order valence-electron chi connectivity index (χ1n) is 8.37. The molecule has 0 aliphatic heterocycles. The van der Waals surface area contributed by atoms with E-state index in [0.717, 1.165) is 21.0 Å². The third-order valence-corrected chi connectivity index (χ3v) is 5.53. The average molecular weight is 418 g/mol. The van der Waals surface area contributed by atoms with Crippen LogP contribution in [0.25, 0.3) is 10.4 Å². The normalized spacial score (nSPS) is 12.8. The van der Waals surface area contributed by atoms with Gasteiger partial charge in [0, 0.05) is 11.9 Å². The van der Waals surface area contributed by atoms with Crippen molar-refractivity contribution >= 4 is 34.4 Å². The van der Waals surface area contributed by atoms with Crippen molar-refractivity contribution in [1.29, 1.82) is 0 Å². The Kier molecular flexibility index (Phi) is 6.75. The molecular formula is C19H19N3O4S2. The van der Waals surface area contributed by atoms with Crippen LogP contribution in [0.1, 0.15) is 16.6 Å². The number of carbonyl (C=O) groups is 1. The molecule has 28 heavy (non-hydrogen) atoms. The van der Waals surface area contributed by atoms with Gasteiger partial charge in [-0.15, -0.1) is 11.3 Å². The van der Waals surface area contributed by atoms with Crippen molar-refractivity contribution in [2.45, 2.75) is 12.5 Å². The van der Waals surface area contributed by atoms with E-state index < -0.39 is 17.4 Å². The second-order valence-corrected chi connectivity index (χ2v) is 7.63. The maximum Gasteiger partial charge on any atom is 0.407 e. The van der Waals surface area contributed by atoms with E-state index in [0.29, 0.717) is 12.1 Å². The fourth-order valence-corrected chi connectivity index (χ4v) is 3.94. The van der Waals surface area contributed by atoms with Crippen LogP contribution in [-0.2, 0) is 22.4 Å². The molecule has 2 aromatic carbocycles. The van der Waals surface area contributed by atoms with Crippen molar-refractivity contribution in [3.63, 3.8) is 0 Å². The van der Waals surface area contributed by atoms with Crippen molar-refractivity contribution in [3.8, 4) is 10.4 Å². The Morgan fingerprint density at radius 2 is 1.93 bits per heavy atom. The first-order chi connectivity index (χ1) is 13.5. The van der Waals surface area contributed by atoms with Crippen molar-refractivity contribution in [2.24, 2.45) is 0 Å². The lowest BCUT2D eigenvalue weighted by Crippen LogP contribution is -2.29. The van der Waals surface area contributed by atoms with Crippen LogP contribution >= 0.6 is 11.3 Å². The molecule has 7 nitrogen and oxygen atoms in total. The fraction of sp³-hybridized carbons (Fsp3) is 0.158. The second-order valence-electron chi connectivity index (χ2n) is 5.87. The summed E-state index contributed by atoms with van der Waals surface area (Å²) in [5.74, 6) is 0. The number of anilines is 1. The predicted molar refractivity (Wildman–Crippen MR) is 110 cm³/mol. The highest BCUT2D eigenvalue weighted by molar-refractivity contribution is 7.80. The van der Waals surface area contributed by atoms with Crippen LogP contribution in [0.3, 0.4) is 0 Å². The molecule has 0 radical (unpaired) electrons. The number of methoxy groups -OCH3 is 1. The van der Waals surface area contributed by atoms with E-state index in [1.54, 1.807) is 18.3 Å². The summed E-state index contributed by atoms with van der Waals surface area (Å²) >= 11 is -0.610. The minimum atomic E-state index is -2.12. The molecule has 2 atom stereocenters. The van der Waals surface area contributed by atoms with Gasteiger partial charge in [0.2, 0.25) is 0 Å². The molecule has 1 aromatic heterocycles. The Morgan fingerprint density at radius 1 is 1.21 bits per heavy atom. The number of benzene rings is 2. The lowest BCUT2D eigenvalue weighted by molar-refractivity contribution is 0.166. The first-order valence-corrected chi connectivity index (χ1v) is 10.3. The lowest BCUT2D eigenvalue weighted by Gasteiger charge is -2.16. The number of nitrogens with zero attached hydrogens (tertiary/aromatic N) is 1. The zero-order chi connectivity index (χ0) is 19.9.